The molecule has 5 rings (SSSR count). The average Bonchev–Trinajstić information content (AvgIpc) is 3.49. The maximum absolute atomic E-state index is 13.3. The molecule has 2 aromatic carbocycles. The molecule has 1 unspecified atom stereocenters. The summed E-state index contributed by atoms with van der Waals surface area (Å²) < 4.78 is 8.49. The molecule has 1 fully saturated rings. The van der Waals surface area contributed by atoms with Gasteiger partial charge in [-0.05, 0) is 54.7 Å². The normalized spacial score (nSPS) is 14.7. The Morgan fingerprint density at radius 3 is 2.53 bits per heavy atom. The van der Waals surface area contributed by atoms with Crippen LogP contribution in [0.25, 0.3) is 16.6 Å². The highest BCUT2D eigenvalue weighted by atomic mass is 16.5. The standard InChI is InChI=1S/C23H22N4O3/c1-30-17-10-6-15(7-11-17)14-24-22(28)21(16-8-9-16)26-18-4-2-3-5-19(18)27-20(23(26)29)12-13-25-27/h2-7,10-13,16,21H,8-9,14H2,1H3,(H,24,28). The third kappa shape index (κ3) is 3.12. The number of hydrogen-bond acceptors (Lipinski definition) is 4. The Morgan fingerprint density at radius 1 is 1.10 bits per heavy atom. The molecule has 1 amide bonds. The van der Waals surface area contributed by atoms with E-state index in [2.05, 4.69) is 10.4 Å². The molecular weight excluding hydrogens is 380 g/mol. The van der Waals surface area contributed by atoms with Crippen LogP contribution in [0.3, 0.4) is 0 Å². The van der Waals surface area contributed by atoms with Crippen LogP contribution in [0.1, 0.15) is 24.4 Å². The van der Waals surface area contributed by atoms with E-state index >= 15 is 0 Å². The first-order chi connectivity index (χ1) is 14.7. The maximum Gasteiger partial charge on any atom is 0.277 e. The predicted molar refractivity (Wildman–Crippen MR) is 114 cm³/mol. The van der Waals surface area contributed by atoms with Gasteiger partial charge in [0.05, 0.1) is 24.3 Å². The minimum Gasteiger partial charge on any atom is -0.497 e. The number of para-hydroxylation sites is 2. The van der Waals surface area contributed by atoms with Gasteiger partial charge in [-0.15, -0.1) is 0 Å². The summed E-state index contributed by atoms with van der Waals surface area (Å²) in [6.07, 6.45) is 3.49. The van der Waals surface area contributed by atoms with Crippen LogP contribution in [0, 0.1) is 5.92 Å². The number of hydrogen-bond donors (Lipinski definition) is 1. The second-order valence-corrected chi connectivity index (χ2v) is 7.64. The van der Waals surface area contributed by atoms with Gasteiger partial charge in [-0.25, -0.2) is 4.52 Å². The zero-order valence-corrected chi connectivity index (χ0v) is 16.6. The highest BCUT2D eigenvalue weighted by molar-refractivity contribution is 5.85. The smallest absolute Gasteiger partial charge is 0.277 e. The number of benzene rings is 2. The van der Waals surface area contributed by atoms with Crippen molar-refractivity contribution in [3.8, 4) is 5.75 Å². The summed E-state index contributed by atoms with van der Waals surface area (Å²) in [5, 5.41) is 7.32. The van der Waals surface area contributed by atoms with Gasteiger partial charge in [-0.1, -0.05) is 24.3 Å². The lowest BCUT2D eigenvalue weighted by molar-refractivity contribution is -0.125. The first-order valence-corrected chi connectivity index (χ1v) is 10.0. The van der Waals surface area contributed by atoms with Crippen molar-refractivity contribution in [3.63, 3.8) is 0 Å². The van der Waals surface area contributed by atoms with Gasteiger partial charge >= 0.3 is 0 Å². The predicted octanol–water partition coefficient (Wildman–Crippen LogP) is 2.93. The Balaban J connectivity index is 1.52. The van der Waals surface area contributed by atoms with Crippen molar-refractivity contribution in [2.45, 2.75) is 25.4 Å². The number of methoxy groups -OCH3 is 1. The van der Waals surface area contributed by atoms with Crippen LogP contribution in [0.2, 0.25) is 0 Å². The maximum atomic E-state index is 13.3. The average molecular weight is 402 g/mol. The number of nitrogens with zero attached hydrogens (tertiary/aromatic N) is 3. The van der Waals surface area contributed by atoms with Crippen LogP contribution in [0.15, 0.2) is 65.6 Å². The second kappa shape index (κ2) is 7.33. The lowest BCUT2D eigenvalue weighted by Crippen LogP contribution is -2.39. The summed E-state index contributed by atoms with van der Waals surface area (Å²) in [7, 11) is 1.62. The van der Waals surface area contributed by atoms with Crippen LogP contribution in [0.4, 0.5) is 0 Å². The molecule has 7 nitrogen and oxygen atoms in total. The molecule has 2 heterocycles. The van der Waals surface area contributed by atoms with Gasteiger partial charge in [0.2, 0.25) is 5.91 Å². The topological polar surface area (TPSA) is 77.6 Å². The Labute approximate surface area is 172 Å². The van der Waals surface area contributed by atoms with Gasteiger partial charge in [-0.3, -0.25) is 14.2 Å². The Bertz CT molecular complexity index is 1290. The fraction of sp³-hybridized carbons (Fsp3) is 0.261. The molecule has 1 N–H and O–H groups in total. The Hall–Kier alpha value is -3.61. The summed E-state index contributed by atoms with van der Waals surface area (Å²) in [5.74, 6) is 0.796. The van der Waals surface area contributed by atoms with Gasteiger partial charge in [0.15, 0.2) is 0 Å². The van der Waals surface area contributed by atoms with E-state index in [1.165, 1.54) is 0 Å². The summed E-state index contributed by atoms with van der Waals surface area (Å²) >= 11 is 0. The third-order valence-corrected chi connectivity index (χ3v) is 5.69. The number of aromatic nitrogens is 3. The van der Waals surface area contributed by atoms with E-state index in [-0.39, 0.29) is 17.4 Å². The molecule has 0 spiro atoms. The number of amides is 1. The monoisotopic (exact) mass is 402 g/mol. The molecule has 0 radical (unpaired) electrons. The SMILES string of the molecule is COc1ccc(CNC(=O)C(C2CC2)n2c(=O)c3ccnn3c3ccccc32)cc1. The van der Waals surface area contributed by atoms with Crippen molar-refractivity contribution in [1.29, 1.82) is 0 Å². The van der Waals surface area contributed by atoms with E-state index in [1.807, 2.05) is 48.5 Å². The number of nitrogens with one attached hydrogen (secondary N) is 1. The van der Waals surface area contributed by atoms with Crippen molar-refractivity contribution >= 4 is 22.5 Å². The third-order valence-electron chi connectivity index (χ3n) is 5.69. The van der Waals surface area contributed by atoms with Crippen molar-refractivity contribution in [3.05, 3.63) is 76.7 Å². The summed E-state index contributed by atoms with van der Waals surface area (Å²) in [5.41, 5.74) is 2.79. The van der Waals surface area contributed by atoms with E-state index in [9.17, 15) is 9.59 Å². The van der Waals surface area contributed by atoms with Crippen LogP contribution in [-0.4, -0.2) is 27.2 Å². The molecule has 2 aromatic heterocycles. The molecule has 1 saturated carbocycles. The molecule has 4 aromatic rings. The van der Waals surface area contributed by atoms with E-state index in [1.54, 1.807) is 28.5 Å². The number of carbonyl (C=O) groups excluding carboxylic acids is 1. The van der Waals surface area contributed by atoms with Crippen molar-refractivity contribution in [1.82, 2.24) is 19.5 Å². The van der Waals surface area contributed by atoms with E-state index in [0.29, 0.717) is 12.1 Å². The highest BCUT2D eigenvalue weighted by Gasteiger charge is 2.39. The van der Waals surface area contributed by atoms with Gasteiger partial charge in [0, 0.05) is 6.54 Å². The molecular formula is C23H22N4O3. The Morgan fingerprint density at radius 2 is 1.83 bits per heavy atom. The first-order valence-electron chi connectivity index (χ1n) is 10.0. The first kappa shape index (κ1) is 18.4. The molecule has 1 aliphatic rings. The minimum atomic E-state index is -0.541. The molecule has 0 saturated heterocycles. The van der Waals surface area contributed by atoms with Crippen LogP contribution >= 0.6 is 0 Å². The zero-order valence-electron chi connectivity index (χ0n) is 16.6. The molecule has 152 valence electrons. The minimum absolute atomic E-state index is 0.135. The van der Waals surface area contributed by atoms with Crippen molar-refractivity contribution in [2.24, 2.45) is 5.92 Å². The molecule has 1 atom stereocenters. The largest absolute Gasteiger partial charge is 0.497 e. The number of carbonyl (C=O) groups is 1. The lowest BCUT2D eigenvalue weighted by Gasteiger charge is -2.22. The van der Waals surface area contributed by atoms with E-state index in [4.69, 9.17) is 4.74 Å². The summed E-state index contributed by atoms with van der Waals surface area (Å²) in [4.78, 5) is 26.6. The highest BCUT2D eigenvalue weighted by Crippen LogP contribution is 2.40. The van der Waals surface area contributed by atoms with E-state index < -0.39 is 6.04 Å². The molecule has 0 aliphatic heterocycles. The summed E-state index contributed by atoms with van der Waals surface area (Å²) in [6, 6.07) is 16.3. The Kier molecular flexibility index (Phi) is 4.50. The van der Waals surface area contributed by atoms with Crippen molar-refractivity contribution < 1.29 is 9.53 Å². The lowest BCUT2D eigenvalue weighted by atomic mass is 10.1. The van der Waals surface area contributed by atoms with Gasteiger partial charge < -0.3 is 10.1 Å². The van der Waals surface area contributed by atoms with Crippen LogP contribution in [0.5, 0.6) is 5.75 Å². The quantitative estimate of drug-likeness (QED) is 0.538. The van der Waals surface area contributed by atoms with Gasteiger partial charge in [-0.2, -0.15) is 5.10 Å². The zero-order chi connectivity index (χ0) is 20.7. The van der Waals surface area contributed by atoms with Gasteiger partial charge in [0.1, 0.15) is 17.3 Å². The molecule has 1 aliphatic carbocycles. The molecule has 0 bridgehead atoms. The fourth-order valence-electron chi connectivity index (χ4n) is 4.00. The molecule has 30 heavy (non-hydrogen) atoms. The number of rotatable bonds is 6. The molecule has 7 heteroatoms. The van der Waals surface area contributed by atoms with Crippen molar-refractivity contribution in [2.75, 3.05) is 7.11 Å². The number of ether oxygens (including phenoxy) is 1. The summed E-state index contributed by atoms with van der Waals surface area (Å²) in [6.45, 7) is 0.396. The van der Waals surface area contributed by atoms with E-state index in [0.717, 1.165) is 35.2 Å². The fourth-order valence-corrected chi connectivity index (χ4v) is 4.00. The van der Waals surface area contributed by atoms with Crippen LogP contribution < -0.4 is 15.6 Å². The van der Waals surface area contributed by atoms with Gasteiger partial charge in [0.25, 0.3) is 5.56 Å². The number of fused-ring (bicyclic) bond motifs is 3. The second-order valence-electron chi connectivity index (χ2n) is 7.64. The van der Waals surface area contributed by atoms with Crippen LogP contribution in [-0.2, 0) is 11.3 Å².